The summed E-state index contributed by atoms with van der Waals surface area (Å²) in [4.78, 5) is 13.5. The first-order valence-corrected chi connectivity index (χ1v) is 11.1. The minimum atomic E-state index is -0.394. The van der Waals surface area contributed by atoms with Gasteiger partial charge in [0.2, 0.25) is 0 Å². The average molecular weight is 464 g/mol. The highest BCUT2D eigenvalue weighted by Crippen LogP contribution is 2.33. The van der Waals surface area contributed by atoms with E-state index >= 15 is 0 Å². The van der Waals surface area contributed by atoms with Crippen molar-refractivity contribution in [3.63, 3.8) is 0 Å². The molecule has 5 aromatic rings. The van der Waals surface area contributed by atoms with Gasteiger partial charge >= 0.3 is 0 Å². The average Bonchev–Trinajstić information content (AvgIpc) is 3.38. The first-order chi connectivity index (χ1) is 16.9. The third-order valence-corrected chi connectivity index (χ3v) is 5.42. The number of rotatable bonds is 3. The van der Waals surface area contributed by atoms with Crippen LogP contribution in [-0.2, 0) is 5.41 Å². The second kappa shape index (κ2) is 8.99. The quantitative estimate of drug-likeness (QED) is 0.330. The number of aromatic nitrogens is 5. The largest absolute Gasteiger partial charge is 0.436 e. The second-order valence-electron chi connectivity index (χ2n) is 9.01. The van der Waals surface area contributed by atoms with E-state index in [2.05, 4.69) is 69.9 Å². The van der Waals surface area contributed by atoms with Crippen molar-refractivity contribution in [3.05, 3.63) is 95.7 Å². The molecule has 0 aliphatic heterocycles. The zero-order valence-electron chi connectivity index (χ0n) is 19.5. The van der Waals surface area contributed by atoms with E-state index in [4.69, 9.17) is 4.74 Å². The van der Waals surface area contributed by atoms with Crippen LogP contribution < -0.4 is 4.74 Å². The lowest BCUT2D eigenvalue weighted by Gasteiger charge is -2.18. The lowest BCUT2D eigenvalue weighted by Crippen LogP contribution is -2.10. The minimum Gasteiger partial charge on any atom is -0.436 e. The van der Waals surface area contributed by atoms with Crippen LogP contribution in [0.4, 0.5) is 4.39 Å². The van der Waals surface area contributed by atoms with Gasteiger partial charge in [-0.05, 0) is 65.4 Å². The summed E-state index contributed by atoms with van der Waals surface area (Å²) in [7, 11) is 0. The van der Waals surface area contributed by atoms with Gasteiger partial charge in [0.15, 0.2) is 11.3 Å². The standard InChI is InChI=1S/C28H22FN5O/c1-28(2,3)19-9-6-18(7-10-19)8-12-24-27(33-23-5-4-15-30-26(23)32-24)35-25-13-11-20(29)17-21(25)22-14-16-31-34-22/h4-7,9-11,13-17H,1-3H3,(H,31,34). The molecule has 0 fully saturated rings. The highest BCUT2D eigenvalue weighted by atomic mass is 19.1. The van der Waals surface area contributed by atoms with Crippen molar-refractivity contribution in [2.24, 2.45) is 0 Å². The maximum Gasteiger partial charge on any atom is 0.255 e. The summed E-state index contributed by atoms with van der Waals surface area (Å²) in [6, 6.07) is 17.7. The van der Waals surface area contributed by atoms with Gasteiger partial charge in [-0.2, -0.15) is 5.10 Å². The van der Waals surface area contributed by atoms with E-state index in [1.54, 1.807) is 36.7 Å². The van der Waals surface area contributed by atoms with Crippen LogP contribution in [0.2, 0.25) is 0 Å². The Morgan fingerprint density at radius 1 is 0.914 bits per heavy atom. The molecule has 3 aromatic heterocycles. The molecular formula is C28H22FN5O. The lowest BCUT2D eigenvalue weighted by molar-refractivity contribution is 0.461. The van der Waals surface area contributed by atoms with Crippen LogP contribution in [0.25, 0.3) is 22.4 Å². The zero-order chi connectivity index (χ0) is 24.4. The van der Waals surface area contributed by atoms with E-state index in [9.17, 15) is 4.39 Å². The topological polar surface area (TPSA) is 76.6 Å². The molecule has 0 saturated heterocycles. The normalized spacial score (nSPS) is 11.2. The van der Waals surface area contributed by atoms with Crippen LogP contribution >= 0.6 is 0 Å². The van der Waals surface area contributed by atoms with E-state index in [0.717, 1.165) is 5.56 Å². The molecule has 0 aliphatic carbocycles. The Labute approximate surface area is 202 Å². The molecule has 0 atom stereocenters. The van der Waals surface area contributed by atoms with Crippen molar-refractivity contribution in [3.8, 4) is 34.7 Å². The molecular weight excluding hydrogens is 441 g/mol. The molecule has 1 N–H and O–H groups in total. The van der Waals surface area contributed by atoms with Crippen LogP contribution in [-0.4, -0.2) is 25.1 Å². The Balaban J connectivity index is 1.57. The molecule has 0 bridgehead atoms. The maximum atomic E-state index is 14.0. The number of aromatic amines is 1. The molecule has 0 amide bonds. The van der Waals surface area contributed by atoms with Gasteiger partial charge in [-0.3, -0.25) is 5.10 Å². The van der Waals surface area contributed by atoms with Crippen LogP contribution in [0.1, 0.15) is 37.6 Å². The maximum absolute atomic E-state index is 14.0. The van der Waals surface area contributed by atoms with E-state index in [1.165, 1.54) is 17.7 Å². The fraction of sp³-hybridized carbons (Fsp3) is 0.143. The summed E-state index contributed by atoms with van der Waals surface area (Å²) >= 11 is 0. The van der Waals surface area contributed by atoms with Gasteiger partial charge in [0.1, 0.15) is 17.1 Å². The van der Waals surface area contributed by atoms with Gasteiger partial charge in [0.25, 0.3) is 5.88 Å². The summed E-state index contributed by atoms with van der Waals surface area (Å²) in [6.45, 7) is 6.51. The molecule has 0 unspecified atom stereocenters. The summed E-state index contributed by atoms with van der Waals surface area (Å²) in [5.41, 5.74) is 4.60. The number of pyridine rings is 1. The molecule has 5 rings (SSSR count). The lowest BCUT2D eigenvalue weighted by atomic mass is 9.87. The summed E-state index contributed by atoms with van der Waals surface area (Å²) < 4.78 is 20.2. The predicted molar refractivity (Wildman–Crippen MR) is 133 cm³/mol. The fourth-order valence-electron chi connectivity index (χ4n) is 3.53. The monoisotopic (exact) mass is 463 g/mol. The number of halogens is 1. The molecule has 0 spiro atoms. The molecule has 0 saturated carbocycles. The number of nitrogens with zero attached hydrogens (tertiary/aromatic N) is 4. The van der Waals surface area contributed by atoms with Gasteiger partial charge in [-0.25, -0.2) is 19.3 Å². The summed E-state index contributed by atoms with van der Waals surface area (Å²) in [6.07, 6.45) is 3.24. The number of hydrogen-bond donors (Lipinski definition) is 1. The molecule has 3 heterocycles. The minimum absolute atomic E-state index is 0.0595. The first-order valence-electron chi connectivity index (χ1n) is 11.1. The molecule has 0 aliphatic rings. The summed E-state index contributed by atoms with van der Waals surface area (Å²) in [5.74, 6) is 6.43. The van der Waals surface area contributed by atoms with E-state index in [-0.39, 0.29) is 11.3 Å². The molecule has 35 heavy (non-hydrogen) atoms. The van der Waals surface area contributed by atoms with E-state index in [1.807, 2.05) is 12.1 Å². The number of hydrogen-bond acceptors (Lipinski definition) is 5. The van der Waals surface area contributed by atoms with Gasteiger partial charge < -0.3 is 4.74 Å². The van der Waals surface area contributed by atoms with Crippen LogP contribution in [0.15, 0.2) is 73.1 Å². The van der Waals surface area contributed by atoms with Crippen LogP contribution in [0, 0.1) is 17.7 Å². The Hall–Kier alpha value is -4.57. The molecule has 2 aromatic carbocycles. The molecule has 0 radical (unpaired) electrons. The predicted octanol–water partition coefficient (Wildman–Crippen LogP) is 6.04. The number of fused-ring (bicyclic) bond motifs is 1. The number of H-pyrrole nitrogens is 1. The first kappa shape index (κ1) is 22.2. The second-order valence-corrected chi connectivity index (χ2v) is 9.01. The van der Waals surface area contributed by atoms with E-state index in [0.29, 0.717) is 33.9 Å². The highest BCUT2D eigenvalue weighted by Gasteiger charge is 2.16. The van der Waals surface area contributed by atoms with Crippen molar-refractivity contribution >= 4 is 11.2 Å². The van der Waals surface area contributed by atoms with Crippen molar-refractivity contribution in [2.75, 3.05) is 0 Å². The Kier molecular flexibility index (Phi) is 5.71. The van der Waals surface area contributed by atoms with Crippen molar-refractivity contribution in [1.29, 1.82) is 0 Å². The van der Waals surface area contributed by atoms with Crippen molar-refractivity contribution < 1.29 is 9.13 Å². The van der Waals surface area contributed by atoms with Gasteiger partial charge in [-0.1, -0.05) is 38.8 Å². The third kappa shape index (κ3) is 4.87. The Morgan fingerprint density at radius 2 is 1.74 bits per heavy atom. The van der Waals surface area contributed by atoms with E-state index < -0.39 is 5.82 Å². The number of nitrogens with one attached hydrogen (secondary N) is 1. The van der Waals surface area contributed by atoms with Crippen molar-refractivity contribution in [2.45, 2.75) is 26.2 Å². The molecule has 6 nitrogen and oxygen atoms in total. The smallest absolute Gasteiger partial charge is 0.255 e. The highest BCUT2D eigenvalue weighted by molar-refractivity contribution is 5.72. The van der Waals surface area contributed by atoms with Gasteiger partial charge in [-0.15, -0.1) is 0 Å². The molecule has 7 heteroatoms. The number of benzene rings is 2. The number of ether oxygens (including phenoxy) is 1. The third-order valence-electron chi connectivity index (χ3n) is 5.42. The Bertz CT molecular complexity index is 1560. The van der Waals surface area contributed by atoms with Crippen molar-refractivity contribution in [1.82, 2.24) is 25.1 Å². The summed E-state index contributed by atoms with van der Waals surface area (Å²) in [5, 5.41) is 6.80. The SMILES string of the molecule is CC(C)(C)c1ccc(C#Cc2nc3ncccc3nc2Oc2ccc(F)cc2-c2ccn[nH]2)cc1. The van der Waals surface area contributed by atoms with Crippen LogP contribution in [0.3, 0.4) is 0 Å². The van der Waals surface area contributed by atoms with Gasteiger partial charge in [0, 0.05) is 23.5 Å². The van der Waals surface area contributed by atoms with Gasteiger partial charge in [0.05, 0.1) is 5.69 Å². The zero-order valence-corrected chi connectivity index (χ0v) is 19.5. The molecule has 172 valence electrons. The fourth-order valence-corrected chi connectivity index (χ4v) is 3.53. The Morgan fingerprint density at radius 3 is 2.49 bits per heavy atom. The van der Waals surface area contributed by atoms with Crippen LogP contribution in [0.5, 0.6) is 11.6 Å².